The Labute approximate surface area is 150 Å². The molecule has 0 bridgehead atoms. The predicted octanol–water partition coefficient (Wildman–Crippen LogP) is 1.92. The zero-order valence-electron chi connectivity index (χ0n) is 14.9. The van der Waals surface area contributed by atoms with Gasteiger partial charge in [-0.3, -0.25) is 14.6 Å². The molecule has 0 aliphatic rings. The van der Waals surface area contributed by atoms with E-state index in [1.165, 1.54) is 0 Å². The summed E-state index contributed by atoms with van der Waals surface area (Å²) < 4.78 is 0. The van der Waals surface area contributed by atoms with Crippen LogP contribution in [0.25, 0.3) is 10.9 Å². The molecule has 2 heterocycles. The van der Waals surface area contributed by atoms with Crippen molar-refractivity contribution in [1.82, 2.24) is 20.3 Å². The number of aromatic amines is 1. The Balaban J connectivity index is 1.84. The summed E-state index contributed by atoms with van der Waals surface area (Å²) in [6.45, 7) is 6.01. The van der Waals surface area contributed by atoms with Crippen molar-refractivity contribution < 1.29 is 9.90 Å². The zero-order chi connectivity index (χ0) is 18.8. The quantitative estimate of drug-likeness (QED) is 0.665. The van der Waals surface area contributed by atoms with E-state index in [2.05, 4.69) is 20.3 Å². The van der Waals surface area contributed by atoms with E-state index < -0.39 is 5.56 Å². The average Bonchev–Trinajstić information content (AvgIpc) is 2.55. The Morgan fingerprint density at radius 2 is 1.96 bits per heavy atom. The smallest absolute Gasteiger partial charge is 0.254 e. The van der Waals surface area contributed by atoms with Gasteiger partial charge in [-0.1, -0.05) is 11.6 Å². The number of hydrogen-bond acceptors (Lipinski definition) is 5. The van der Waals surface area contributed by atoms with Gasteiger partial charge in [0, 0.05) is 24.0 Å². The van der Waals surface area contributed by atoms with Gasteiger partial charge in [-0.05, 0) is 38.5 Å². The maximum atomic E-state index is 12.8. The summed E-state index contributed by atoms with van der Waals surface area (Å²) in [4.78, 5) is 35.0. The number of carbonyl (C=O) groups excluding carboxylic acids is 1. The van der Waals surface area contributed by atoms with E-state index >= 15 is 0 Å². The predicted molar refractivity (Wildman–Crippen MR) is 98.5 cm³/mol. The number of fused-ring (bicyclic) bond motifs is 1. The Bertz CT molecular complexity index is 1060. The first-order chi connectivity index (χ1) is 12.3. The molecule has 26 heavy (non-hydrogen) atoms. The van der Waals surface area contributed by atoms with Gasteiger partial charge in [0.2, 0.25) is 5.88 Å². The molecule has 0 spiro atoms. The van der Waals surface area contributed by atoms with Gasteiger partial charge in [0.05, 0.1) is 17.1 Å². The van der Waals surface area contributed by atoms with Crippen LogP contribution in [0.4, 0.5) is 0 Å². The largest absolute Gasteiger partial charge is 0.493 e. The molecule has 3 rings (SSSR count). The number of aromatic hydroxyl groups is 1. The summed E-state index contributed by atoms with van der Waals surface area (Å²) in [5.74, 6) is -0.220. The first-order valence-electron chi connectivity index (χ1n) is 8.30. The second-order valence-electron chi connectivity index (χ2n) is 6.27. The molecule has 3 aromatic rings. The zero-order valence-corrected chi connectivity index (χ0v) is 14.9. The van der Waals surface area contributed by atoms with Crippen molar-refractivity contribution in [2.45, 2.75) is 27.2 Å². The highest BCUT2D eigenvalue weighted by molar-refractivity contribution is 6.07. The van der Waals surface area contributed by atoms with E-state index in [-0.39, 0.29) is 18.3 Å². The van der Waals surface area contributed by atoms with Gasteiger partial charge in [0.15, 0.2) is 0 Å². The normalized spacial score (nSPS) is 10.9. The first kappa shape index (κ1) is 17.6. The highest BCUT2D eigenvalue weighted by Gasteiger charge is 2.16. The van der Waals surface area contributed by atoms with E-state index in [1.54, 1.807) is 0 Å². The maximum absolute atomic E-state index is 12.8. The molecule has 7 heteroatoms. The number of H-pyrrole nitrogens is 1. The summed E-state index contributed by atoms with van der Waals surface area (Å²) >= 11 is 0. The first-order valence-corrected chi connectivity index (χ1v) is 8.30. The van der Waals surface area contributed by atoms with Gasteiger partial charge in [0.1, 0.15) is 5.82 Å². The molecule has 3 N–H and O–H groups in total. The van der Waals surface area contributed by atoms with Crippen LogP contribution in [0, 0.1) is 20.8 Å². The molecule has 1 aromatic carbocycles. The van der Waals surface area contributed by atoms with E-state index in [0.29, 0.717) is 17.8 Å². The number of nitrogens with one attached hydrogen (secondary N) is 2. The van der Waals surface area contributed by atoms with E-state index in [0.717, 1.165) is 33.8 Å². The van der Waals surface area contributed by atoms with Crippen molar-refractivity contribution in [3.8, 4) is 5.88 Å². The molecule has 1 amide bonds. The second kappa shape index (κ2) is 6.95. The molecule has 0 saturated carbocycles. The lowest BCUT2D eigenvalue weighted by molar-refractivity contribution is 0.0955. The van der Waals surface area contributed by atoms with Crippen LogP contribution >= 0.6 is 0 Å². The average molecular weight is 352 g/mol. The number of benzene rings is 1. The third kappa shape index (κ3) is 3.56. The number of rotatable bonds is 4. The lowest BCUT2D eigenvalue weighted by Crippen LogP contribution is -2.28. The fourth-order valence-electron chi connectivity index (χ4n) is 2.88. The number of pyridine rings is 1. The number of aromatic nitrogens is 3. The van der Waals surface area contributed by atoms with Gasteiger partial charge < -0.3 is 15.4 Å². The minimum atomic E-state index is -0.430. The van der Waals surface area contributed by atoms with Crippen LogP contribution in [-0.4, -0.2) is 32.5 Å². The Morgan fingerprint density at radius 1 is 1.19 bits per heavy atom. The van der Waals surface area contributed by atoms with Crippen molar-refractivity contribution in [2.75, 3.05) is 6.54 Å². The minimum Gasteiger partial charge on any atom is -0.493 e. The van der Waals surface area contributed by atoms with Crippen LogP contribution < -0.4 is 10.9 Å². The summed E-state index contributed by atoms with van der Waals surface area (Å²) in [5, 5.41) is 13.0. The van der Waals surface area contributed by atoms with Crippen molar-refractivity contribution in [3.63, 3.8) is 0 Å². The molecule has 0 aliphatic carbocycles. The van der Waals surface area contributed by atoms with Gasteiger partial charge in [-0.15, -0.1) is 0 Å². The molecule has 0 aliphatic heterocycles. The Kier molecular flexibility index (Phi) is 4.71. The van der Waals surface area contributed by atoms with Crippen LogP contribution in [0.3, 0.4) is 0 Å². The van der Waals surface area contributed by atoms with E-state index in [4.69, 9.17) is 0 Å². The fourth-order valence-corrected chi connectivity index (χ4v) is 2.88. The SMILES string of the molecule is Cc1ccc2nc(C)c(C)c(C(=O)NCCc3nc(O)cc(=O)[nH]3)c2c1. The highest BCUT2D eigenvalue weighted by atomic mass is 16.3. The lowest BCUT2D eigenvalue weighted by Gasteiger charge is -2.13. The molecule has 134 valence electrons. The molecule has 0 unspecified atom stereocenters. The molecular weight excluding hydrogens is 332 g/mol. The fraction of sp³-hybridized carbons (Fsp3) is 0.263. The van der Waals surface area contributed by atoms with Crippen LogP contribution in [0.5, 0.6) is 5.88 Å². The number of nitrogens with zero attached hydrogens (tertiary/aromatic N) is 2. The van der Waals surface area contributed by atoms with Crippen LogP contribution in [0.15, 0.2) is 29.1 Å². The monoisotopic (exact) mass is 352 g/mol. The van der Waals surface area contributed by atoms with Gasteiger partial charge >= 0.3 is 0 Å². The molecule has 0 fully saturated rings. The standard InChI is InChI=1S/C19H20N4O3/c1-10-4-5-14-13(8-10)18(11(2)12(3)21-14)19(26)20-7-6-15-22-16(24)9-17(25)23-15/h4-5,8-9H,6-7H2,1-3H3,(H,20,26)(H2,22,23,24,25). The summed E-state index contributed by atoms with van der Waals surface area (Å²) in [5.41, 5.74) is 3.66. The van der Waals surface area contributed by atoms with E-state index in [1.807, 2.05) is 39.0 Å². The van der Waals surface area contributed by atoms with Crippen LogP contribution in [0.1, 0.15) is 33.0 Å². The Hall–Kier alpha value is -3.22. The number of carbonyl (C=O) groups is 1. The third-order valence-corrected chi connectivity index (χ3v) is 4.28. The van der Waals surface area contributed by atoms with Crippen LogP contribution in [0.2, 0.25) is 0 Å². The molecule has 7 nitrogen and oxygen atoms in total. The minimum absolute atomic E-state index is 0.203. The van der Waals surface area contributed by atoms with Crippen molar-refractivity contribution in [2.24, 2.45) is 0 Å². The molecule has 2 aromatic heterocycles. The van der Waals surface area contributed by atoms with Gasteiger partial charge in [-0.2, -0.15) is 0 Å². The summed E-state index contributed by atoms with van der Waals surface area (Å²) in [7, 11) is 0. The van der Waals surface area contributed by atoms with Crippen LogP contribution in [-0.2, 0) is 6.42 Å². The van der Waals surface area contributed by atoms with E-state index in [9.17, 15) is 14.7 Å². The number of aryl methyl sites for hydroxylation is 2. The molecule has 0 atom stereocenters. The highest BCUT2D eigenvalue weighted by Crippen LogP contribution is 2.24. The topological polar surface area (TPSA) is 108 Å². The second-order valence-corrected chi connectivity index (χ2v) is 6.27. The number of hydrogen-bond donors (Lipinski definition) is 3. The number of amides is 1. The summed E-state index contributed by atoms with van der Waals surface area (Å²) in [6, 6.07) is 6.84. The molecule has 0 radical (unpaired) electrons. The molecular formula is C19H20N4O3. The third-order valence-electron chi connectivity index (χ3n) is 4.28. The van der Waals surface area contributed by atoms with Crippen molar-refractivity contribution in [1.29, 1.82) is 0 Å². The molecule has 0 saturated heterocycles. The maximum Gasteiger partial charge on any atom is 0.254 e. The lowest BCUT2D eigenvalue weighted by atomic mass is 9.99. The van der Waals surface area contributed by atoms with Gasteiger partial charge in [0.25, 0.3) is 11.5 Å². The van der Waals surface area contributed by atoms with Gasteiger partial charge in [-0.25, -0.2) is 4.98 Å². The van der Waals surface area contributed by atoms with Crippen molar-refractivity contribution in [3.05, 3.63) is 62.8 Å². The Morgan fingerprint density at radius 3 is 2.69 bits per heavy atom. The summed E-state index contributed by atoms with van der Waals surface area (Å²) in [6.07, 6.45) is 0.301. The van der Waals surface area contributed by atoms with Crippen molar-refractivity contribution >= 4 is 16.8 Å².